The third-order valence-corrected chi connectivity index (χ3v) is 6.15. The standard InChI is InChI=1S/C18H35N/c1-12(2)15-5-6-16(11-19)18(10-15)17-8-13(3)7-14(4)9-17/h12-18H,5-11,19H2,1-4H3. The van der Waals surface area contributed by atoms with Gasteiger partial charge in [-0.15, -0.1) is 0 Å². The highest BCUT2D eigenvalue weighted by atomic mass is 14.6. The molecule has 0 radical (unpaired) electrons. The van der Waals surface area contributed by atoms with Gasteiger partial charge < -0.3 is 5.73 Å². The van der Waals surface area contributed by atoms with E-state index >= 15 is 0 Å². The van der Waals surface area contributed by atoms with Gasteiger partial charge in [0.2, 0.25) is 0 Å². The van der Waals surface area contributed by atoms with Crippen LogP contribution in [0.1, 0.15) is 66.2 Å². The molecule has 0 amide bonds. The summed E-state index contributed by atoms with van der Waals surface area (Å²) in [4.78, 5) is 0. The van der Waals surface area contributed by atoms with Gasteiger partial charge >= 0.3 is 0 Å². The van der Waals surface area contributed by atoms with Crippen molar-refractivity contribution >= 4 is 0 Å². The van der Waals surface area contributed by atoms with Crippen molar-refractivity contribution in [3.05, 3.63) is 0 Å². The maximum absolute atomic E-state index is 6.09. The van der Waals surface area contributed by atoms with E-state index < -0.39 is 0 Å². The van der Waals surface area contributed by atoms with Crippen LogP contribution in [0.3, 0.4) is 0 Å². The lowest BCUT2D eigenvalue weighted by atomic mass is 9.61. The predicted octanol–water partition coefficient (Wildman–Crippen LogP) is 4.71. The molecule has 1 nitrogen and oxygen atoms in total. The molecule has 5 atom stereocenters. The van der Waals surface area contributed by atoms with Gasteiger partial charge in [-0.25, -0.2) is 0 Å². The smallest absolute Gasteiger partial charge is 0.00461 e. The van der Waals surface area contributed by atoms with Gasteiger partial charge in [-0.2, -0.15) is 0 Å². The second kappa shape index (κ2) is 6.61. The molecule has 2 aliphatic carbocycles. The molecule has 5 unspecified atom stereocenters. The average molecular weight is 265 g/mol. The summed E-state index contributed by atoms with van der Waals surface area (Å²) in [5.74, 6) is 6.40. The average Bonchev–Trinajstić information content (AvgIpc) is 2.36. The van der Waals surface area contributed by atoms with Crippen LogP contribution in [-0.2, 0) is 0 Å². The van der Waals surface area contributed by atoms with Gasteiger partial charge in [-0.3, -0.25) is 0 Å². The van der Waals surface area contributed by atoms with Crippen molar-refractivity contribution in [1.82, 2.24) is 0 Å². The van der Waals surface area contributed by atoms with Gasteiger partial charge in [0.05, 0.1) is 0 Å². The van der Waals surface area contributed by atoms with Crippen LogP contribution in [0.15, 0.2) is 0 Å². The maximum atomic E-state index is 6.09. The Morgan fingerprint density at radius 2 is 1.58 bits per heavy atom. The van der Waals surface area contributed by atoms with E-state index in [9.17, 15) is 0 Å². The summed E-state index contributed by atoms with van der Waals surface area (Å²) in [7, 11) is 0. The Kier molecular flexibility index (Phi) is 5.34. The second-order valence-electron chi connectivity index (χ2n) is 8.15. The molecule has 0 heterocycles. The molecular formula is C18H35N. The van der Waals surface area contributed by atoms with E-state index in [2.05, 4.69) is 27.7 Å². The number of hydrogen-bond acceptors (Lipinski definition) is 1. The van der Waals surface area contributed by atoms with E-state index in [0.717, 1.165) is 48.0 Å². The molecule has 0 aliphatic heterocycles. The van der Waals surface area contributed by atoms with E-state index in [1.165, 1.54) is 38.5 Å². The number of rotatable bonds is 3. The molecular weight excluding hydrogens is 230 g/mol. The summed E-state index contributed by atoms with van der Waals surface area (Å²) >= 11 is 0. The quantitative estimate of drug-likeness (QED) is 0.786. The van der Waals surface area contributed by atoms with E-state index in [1.54, 1.807) is 0 Å². The molecule has 0 bridgehead atoms. The van der Waals surface area contributed by atoms with Gasteiger partial charge in [0.25, 0.3) is 0 Å². The highest BCUT2D eigenvalue weighted by Gasteiger charge is 2.38. The highest BCUT2D eigenvalue weighted by Crippen LogP contribution is 2.47. The lowest BCUT2D eigenvalue weighted by Gasteiger charge is -2.45. The van der Waals surface area contributed by atoms with Gasteiger partial charge in [-0.05, 0) is 86.5 Å². The Hall–Kier alpha value is -0.0400. The van der Waals surface area contributed by atoms with Crippen LogP contribution >= 0.6 is 0 Å². The van der Waals surface area contributed by atoms with Crippen molar-refractivity contribution in [2.24, 2.45) is 47.2 Å². The second-order valence-corrected chi connectivity index (χ2v) is 8.15. The normalized spacial score (nSPS) is 44.5. The molecule has 2 fully saturated rings. The molecule has 0 aromatic carbocycles. The molecule has 1 heteroatoms. The predicted molar refractivity (Wildman–Crippen MR) is 83.9 cm³/mol. The zero-order valence-corrected chi connectivity index (χ0v) is 13.6. The largest absolute Gasteiger partial charge is 0.330 e. The summed E-state index contributed by atoms with van der Waals surface area (Å²) in [6.07, 6.45) is 8.66. The molecule has 112 valence electrons. The Morgan fingerprint density at radius 3 is 2.11 bits per heavy atom. The highest BCUT2D eigenvalue weighted by molar-refractivity contribution is 4.89. The SMILES string of the molecule is CC1CC(C)CC(C2CC(C(C)C)CCC2CN)C1. The maximum Gasteiger partial charge on any atom is -0.00461 e. The number of nitrogens with two attached hydrogens (primary N) is 1. The van der Waals surface area contributed by atoms with Gasteiger partial charge in [0.1, 0.15) is 0 Å². The molecule has 0 aromatic rings. The summed E-state index contributed by atoms with van der Waals surface area (Å²) in [5.41, 5.74) is 6.09. The van der Waals surface area contributed by atoms with E-state index in [1.807, 2.05) is 0 Å². The fourth-order valence-corrected chi connectivity index (χ4v) is 5.14. The molecule has 2 saturated carbocycles. The minimum Gasteiger partial charge on any atom is -0.330 e. The molecule has 2 rings (SSSR count). The van der Waals surface area contributed by atoms with Crippen molar-refractivity contribution in [2.45, 2.75) is 66.2 Å². The first-order valence-electron chi connectivity index (χ1n) is 8.71. The minimum absolute atomic E-state index is 0.817. The monoisotopic (exact) mass is 265 g/mol. The first-order chi connectivity index (χ1) is 9.01. The molecule has 0 spiro atoms. The summed E-state index contributed by atoms with van der Waals surface area (Å²) in [6, 6.07) is 0. The van der Waals surface area contributed by atoms with Crippen LogP contribution in [0.5, 0.6) is 0 Å². The minimum atomic E-state index is 0.817. The van der Waals surface area contributed by atoms with E-state index in [-0.39, 0.29) is 0 Å². The summed E-state index contributed by atoms with van der Waals surface area (Å²) in [6.45, 7) is 10.7. The Bertz CT molecular complexity index is 263. The molecule has 0 aromatic heterocycles. The zero-order chi connectivity index (χ0) is 14.0. The molecule has 19 heavy (non-hydrogen) atoms. The third-order valence-electron chi connectivity index (χ3n) is 6.15. The van der Waals surface area contributed by atoms with Crippen molar-refractivity contribution in [2.75, 3.05) is 6.54 Å². The Morgan fingerprint density at radius 1 is 0.947 bits per heavy atom. The Labute approximate surface area is 120 Å². The molecule has 2 aliphatic rings. The Balaban J connectivity index is 2.04. The van der Waals surface area contributed by atoms with Crippen LogP contribution in [0.25, 0.3) is 0 Å². The van der Waals surface area contributed by atoms with Crippen molar-refractivity contribution in [1.29, 1.82) is 0 Å². The van der Waals surface area contributed by atoms with Crippen LogP contribution in [0.4, 0.5) is 0 Å². The molecule has 2 N–H and O–H groups in total. The van der Waals surface area contributed by atoms with Crippen molar-refractivity contribution in [3.8, 4) is 0 Å². The first-order valence-corrected chi connectivity index (χ1v) is 8.71. The fraction of sp³-hybridized carbons (Fsp3) is 1.00. The summed E-state index contributed by atoms with van der Waals surface area (Å²) in [5, 5.41) is 0. The van der Waals surface area contributed by atoms with Crippen LogP contribution in [0, 0.1) is 41.4 Å². The van der Waals surface area contributed by atoms with Crippen molar-refractivity contribution in [3.63, 3.8) is 0 Å². The first kappa shape index (κ1) is 15.4. The van der Waals surface area contributed by atoms with Crippen LogP contribution in [-0.4, -0.2) is 6.54 Å². The van der Waals surface area contributed by atoms with Crippen LogP contribution < -0.4 is 5.73 Å². The van der Waals surface area contributed by atoms with Gasteiger partial charge in [0.15, 0.2) is 0 Å². The lowest BCUT2D eigenvalue weighted by Crippen LogP contribution is -2.38. The zero-order valence-electron chi connectivity index (χ0n) is 13.6. The number of hydrogen-bond donors (Lipinski definition) is 1. The molecule has 0 saturated heterocycles. The topological polar surface area (TPSA) is 26.0 Å². The third kappa shape index (κ3) is 3.74. The van der Waals surface area contributed by atoms with Gasteiger partial charge in [0, 0.05) is 0 Å². The fourth-order valence-electron chi connectivity index (χ4n) is 5.14. The lowest BCUT2D eigenvalue weighted by molar-refractivity contribution is 0.0578. The van der Waals surface area contributed by atoms with Crippen molar-refractivity contribution < 1.29 is 0 Å². The van der Waals surface area contributed by atoms with E-state index in [4.69, 9.17) is 5.73 Å². The van der Waals surface area contributed by atoms with Gasteiger partial charge in [-0.1, -0.05) is 27.7 Å². The van der Waals surface area contributed by atoms with E-state index in [0.29, 0.717) is 0 Å². The summed E-state index contributed by atoms with van der Waals surface area (Å²) < 4.78 is 0. The van der Waals surface area contributed by atoms with Crippen LogP contribution in [0.2, 0.25) is 0 Å².